The molecule has 2 fully saturated rings. The molecule has 2 saturated heterocycles. The zero-order chi connectivity index (χ0) is 18.6. The third-order valence-electron chi connectivity index (χ3n) is 5.00. The maximum absolute atomic E-state index is 12.7. The highest BCUT2D eigenvalue weighted by Gasteiger charge is 2.26. The number of anilines is 1. The standard InChI is InChI=1S/C18H27N3O4S/c1-26(23,24)21-8-4-5-15(14-21)13-19-18(22)16-6-2-3-7-17(16)20-9-11-25-12-10-20/h2-3,6-7,15H,4-5,8-14H2,1H3,(H,19,22). The van der Waals surface area contributed by atoms with Crippen LogP contribution in [0.25, 0.3) is 0 Å². The number of piperidine rings is 1. The Morgan fingerprint density at radius 2 is 1.96 bits per heavy atom. The van der Waals surface area contributed by atoms with Gasteiger partial charge >= 0.3 is 0 Å². The van der Waals surface area contributed by atoms with Crippen molar-refractivity contribution in [2.75, 3.05) is 57.1 Å². The first-order valence-electron chi connectivity index (χ1n) is 9.10. The quantitative estimate of drug-likeness (QED) is 0.821. The summed E-state index contributed by atoms with van der Waals surface area (Å²) in [4.78, 5) is 14.9. The van der Waals surface area contributed by atoms with Gasteiger partial charge in [-0.2, -0.15) is 0 Å². The zero-order valence-corrected chi connectivity index (χ0v) is 16.0. The normalized spacial score (nSPS) is 22.2. The molecule has 1 N–H and O–H groups in total. The second-order valence-electron chi connectivity index (χ2n) is 6.96. The molecule has 1 unspecified atom stereocenters. The predicted molar refractivity (Wildman–Crippen MR) is 101 cm³/mol. The predicted octanol–water partition coefficient (Wildman–Crippen LogP) is 0.925. The molecule has 2 aliphatic heterocycles. The summed E-state index contributed by atoms with van der Waals surface area (Å²) in [5.41, 5.74) is 1.58. The molecule has 0 aromatic heterocycles. The first-order valence-corrected chi connectivity index (χ1v) is 10.9. The van der Waals surface area contributed by atoms with Crippen molar-refractivity contribution in [3.8, 4) is 0 Å². The van der Waals surface area contributed by atoms with Gasteiger partial charge in [-0.25, -0.2) is 12.7 Å². The molecule has 8 heteroatoms. The monoisotopic (exact) mass is 381 g/mol. The molecular weight excluding hydrogens is 354 g/mol. The van der Waals surface area contributed by atoms with E-state index in [1.165, 1.54) is 10.6 Å². The molecule has 26 heavy (non-hydrogen) atoms. The lowest BCUT2D eigenvalue weighted by Crippen LogP contribution is -2.43. The highest BCUT2D eigenvalue weighted by atomic mass is 32.2. The first kappa shape index (κ1) is 19.1. The summed E-state index contributed by atoms with van der Waals surface area (Å²) >= 11 is 0. The van der Waals surface area contributed by atoms with Crippen LogP contribution < -0.4 is 10.2 Å². The average molecular weight is 381 g/mol. The van der Waals surface area contributed by atoms with Gasteiger partial charge in [0, 0.05) is 38.4 Å². The van der Waals surface area contributed by atoms with Crippen molar-refractivity contribution < 1.29 is 17.9 Å². The number of para-hydroxylation sites is 1. The summed E-state index contributed by atoms with van der Waals surface area (Å²) in [6.45, 7) is 4.42. The van der Waals surface area contributed by atoms with Gasteiger partial charge in [0.25, 0.3) is 5.91 Å². The highest BCUT2D eigenvalue weighted by molar-refractivity contribution is 7.88. The Kier molecular flexibility index (Phi) is 6.16. The van der Waals surface area contributed by atoms with E-state index in [0.717, 1.165) is 31.6 Å². The topological polar surface area (TPSA) is 79.0 Å². The lowest BCUT2D eigenvalue weighted by molar-refractivity contribution is 0.0940. The van der Waals surface area contributed by atoms with Crippen molar-refractivity contribution in [1.82, 2.24) is 9.62 Å². The summed E-state index contributed by atoms with van der Waals surface area (Å²) in [5, 5.41) is 3.00. The Bertz CT molecular complexity index is 732. The summed E-state index contributed by atoms with van der Waals surface area (Å²) in [6.07, 6.45) is 3.00. The van der Waals surface area contributed by atoms with Crippen molar-refractivity contribution in [2.24, 2.45) is 5.92 Å². The number of morpholine rings is 1. The fraction of sp³-hybridized carbons (Fsp3) is 0.611. The Hall–Kier alpha value is -1.64. The highest BCUT2D eigenvalue weighted by Crippen LogP contribution is 2.22. The van der Waals surface area contributed by atoms with E-state index in [2.05, 4.69) is 10.2 Å². The van der Waals surface area contributed by atoms with E-state index in [4.69, 9.17) is 4.74 Å². The van der Waals surface area contributed by atoms with E-state index in [1.807, 2.05) is 24.3 Å². The molecule has 0 saturated carbocycles. The molecule has 144 valence electrons. The average Bonchev–Trinajstić information content (AvgIpc) is 2.66. The number of amides is 1. The van der Waals surface area contributed by atoms with Gasteiger partial charge in [0.2, 0.25) is 10.0 Å². The number of sulfonamides is 1. The maximum atomic E-state index is 12.7. The molecule has 7 nitrogen and oxygen atoms in total. The van der Waals surface area contributed by atoms with Gasteiger partial charge in [-0.15, -0.1) is 0 Å². The number of ether oxygens (including phenoxy) is 1. The van der Waals surface area contributed by atoms with Gasteiger partial charge in [-0.05, 0) is 30.9 Å². The van der Waals surface area contributed by atoms with E-state index < -0.39 is 10.0 Å². The molecule has 1 aromatic carbocycles. The Morgan fingerprint density at radius 3 is 2.69 bits per heavy atom. The number of benzene rings is 1. The Labute approximate surface area is 155 Å². The van der Waals surface area contributed by atoms with E-state index in [9.17, 15) is 13.2 Å². The largest absolute Gasteiger partial charge is 0.378 e. The molecule has 3 rings (SSSR count). The van der Waals surface area contributed by atoms with E-state index in [0.29, 0.717) is 38.4 Å². The van der Waals surface area contributed by atoms with Crippen LogP contribution in [0.3, 0.4) is 0 Å². The van der Waals surface area contributed by atoms with Crippen molar-refractivity contribution >= 4 is 21.6 Å². The lowest BCUT2D eigenvalue weighted by atomic mass is 9.99. The minimum atomic E-state index is -3.17. The van der Waals surface area contributed by atoms with Crippen LogP contribution in [0.2, 0.25) is 0 Å². The number of rotatable bonds is 5. The SMILES string of the molecule is CS(=O)(=O)N1CCCC(CNC(=O)c2ccccc2N2CCOCC2)C1. The second-order valence-corrected chi connectivity index (χ2v) is 8.94. The minimum absolute atomic E-state index is 0.108. The number of carbonyl (C=O) groups is 1. The minimum Gasteiger partial charge on any atom is -0.378 e. The van der Waals surface area contributed by atoms with Crippen LogP contribution in [0.4, 0.5) is 5.69 Å². The van der Waals surface area contributed by atoms with Crippen LogP contribution in [0.1, 0.15) is 23.2 Å². The van der Waals surface area contributed by atoms with Crippen LogP contribution >= 0.6 is 0 Å². The molecule has 2 heterocycles. The number of carbonyl (C=O) groups excluding carboxylic acids is 1. The molecule has 1 aromatic rings. The van der Waals surface area contributed by atoms with E-state index in [1.54, 1.807) is 0 Å². The molecule has 0 spiro atoms. The molecule has 1 atom stereocenters. The fourth-order valence-electron chi connectivity index (χ4n) is 3.57. The van der Waals surface area contributed by atoms with Gasteiger partial charge in [0.05, 0.1) is 25.0 Å². The molecule has 0 radical (unpaired) electrons. The van der Waals surface area contributed by atoms with Crippen LogP contribution in [0.15, 0.2) is 24.3 Å². The molecule has 0 bridgehead atoms. The lowest BCUT2D eigenvalue weighted by Gasteiger charge is -2.32. The van der Waals surface area contributed by atoms with Crippen molar-refractivity contribution in [3.05, 3.63) is 29.8 Å². The number of hydrogen-bond donors (Lipinski definition) is 1. The third-order valence-corrected chi connectivity index (χ3v) is 6.27. The molecule has 0 aliphatic carbocycles. The van der Waals surface area contributed by atoms with Crippen molar-refractivity contribution in [2.45, 2.75) is 12.8 Å². The van der Waals surface area contributed by atoms with Crippen LogP contribution in [0.5, 0.6) is 0 Å². The summed E-state index contributed by atoms with van der Waals surface area (Å²) in [6, 6.07) is 7.60. The van der Waals surface area contributed by atoms with Crippen LogP contribution in [-0.4, -0.2) is 70.8 Å². The molecule has 2 aliphatic rings. The molecule has 1 amide bonds. The van der Waals surface area contributed by atoms with Crippen LogP contribution in [-0.2, 0) is 14.8 Å². The maximum Gasteiger partial charge on any atom is 0.253 e. The molecular formula is C18H27N3O4S. The first-order chi connectivity index (χ1) is 12.4. The Balaban J connectivity index is 1.62. The summed E-state index contributed by atoms with van der Waals surface area (Å²) < 4.78 is 30.4. The van der Waals surface area contributed by atoms with Crippen molar-refractivity contribution in [1.29, 1.82) is 0 Å². The zero-order valence-electron chi connectivity index (χ0n) is 15.2. The van der Waals surface area contributed by atoms with E-state index >= 15 is 0 Å². The van der Waals surface area contributed by atoms with E-state index in [-0.39, 0.29) is 11.8 Å². The van der Waals surface area contributed by atoms with Crippen molar-refractivity contribution in [3.63, 3.8) is 0 Å². The second kappa shape index (κ2) is 8.37. The van der Waals surface area contributed by atoms with Gasteiger partial charge in [-0.1, -0.05) is 12.1 Å². The number of hydrogen-bond acceptors (Lipinski definition) is 5. The summed E-state index contributed by atoms with van der Waals surface area (Å²) in [7, 11) is -3.17. The van der Waals surface area contributed by atoms with Crippen LogP contribution in [0, 0.1) is 5.92 Å². The van der Waals surface area contributed by atoms with Gasteiger partial charge in [0.15, 0.2) is 0 Å². The van der Waals surface area contributed by atoms with Gasteiger partial charge < -0.3 is 15.0 Å². The summed E-state index contributed by atoms with van der Waals surface area (Å²) in [5.74, 6) is 0.0431. The fourth-order valence-corrected chi connectivity index (χ4v) is 4.51. The smallest absolute Gasteiger partial charge is 0.253 e. The number of nitrogens with zero attached hydrogens (tertiary/aromatic N) is 2. The number of nitrogens with one attached hydrogen (secondary N) is 1. The third kappa shape index (κ3) is 4.75. The van der Waals surface area contributed by atoms with Gasteiger partial charge in [0.1, 0.15) is 0 Å². The Morgan fingerprint density at radius 1 is 1.23 bits per heavy atom. The van der Waals surface area contributed by atoms with Gasteiger partial charge in [-0.3, -0.25) is 4.79 Å².